The molecule has 13 heavy (non-hydrogen) atoms. The maximum absolute atomic E-state index is 2.69. The van der Waals surface area contributed by atoms with E-state index in [0.29, 0.717) is 0 Å². The van der Waals surface area contributed by atoms with Crippen molar-refractivity contribution in [1.29, 1.82) is 0 Å². The van der Waals surface area contributed by atoms with Gasteiger partial charge >= 0.3 is 0 Å². The Kier molecular flexibility index (Phi) is 2.73. The van der Waals surface area contributed by atoms with E-state index in [1.54, 1.807) is 0 Å². The smallest absolute Gasteiger partial charge is 0.0132 e. The number of allylic oxidation sites excluding steroid dienone is 1. The van der Waals surface area contributed by atoms with E-state index in [9.17, 15) is 0 Å². The molecule has 3 aliphatic heterocycles. The fourth-order valence-corrected chi connectivity index (χ4v) is 2.70. The third-order valence-corrected chi connectivity index (χ3v) is 3.57. The van der Waals surface area contributed by atoms with E-state index in [2.05, 4.69) is 24.8 Å². The van der Waals surface area contributed by atoms with E-state index in [1.807, 2.05) is 0 Å². The SMILES string of the molecule is CC(C)=CCC1CC2CCN1CC2. The first kappa shape index (κ1) is 9.26. The van der Waals surface area contributed by atoms with Crippen molar-refractivity contribution in [2.75, 3.05) is 13.1 Å². The predicted octanol–water partition coefficient (Wildman–Crippen LogP) is 2.83. The van der Waals surface area contributed by atoms with E-state index in [0.717, 1.165) is 12.0 Å². The third kappa shape index (κ3) is 2.14. The Morgan fingerprint density at radius 2 is 2.00 bits per heavy atom. The lowest BCUT2D eigenvalue weighted by atomic mass is 9.82. The normalized spacial score (nSPS) is 37.5. The van der Waals surface area contributed by atoms with Crippen molar-refractivity contribution in [3.63, 3.8) is 0 Å². The van der Waals surface area contributed by atoms with Gasteiger partial charge in [0, 0.05) is 6.04 Å². The minimum atomic E-state index is 0.877. The van der Waals surface area contributed by atoms with E-state index < -0.39 is 0 Å². The maximum atomic E-state index is 2.69. The number of rotatable bonds is 2. The predicted molar refractivity (Wildman–Crippen MR) is 56.8 cm³/mol. The molecule has 0 aromatic heterocycles. The lowest BCUT2D eigenvalue weighted by molar-refractivity contribution is 0.0511. The number of hydrogen-bond acceptors (Lipinski definition) is 1. The molecule has 3 rings (SSSR count). The molecule has 0 spiro atoms. The van der Waals surface area contributed by atoms with E-state index in [-0.39, 0.29) is 0 Å². The maximum Gasteiger partial charge on any atom is 0.0132 e. The zero-order valence-electron chi connectivity index (χ0n) is 8.92. The average molecular weight is 179 g/mol. The molecule has 3 aliphatic rings. The van der Waals surface area contributed by atoms with Crippen molar-refractivity contribution in [3.05, 3.63) is 11.6 Å². The van der Waals surface area contributed by atoms with Gasteiger partial charge in [-0.3, -0.25) is 0 Å². The molecule has 74 valence electrons. The summed E-state index contributed by atoms with van der Waals surface area (Å²) >= 11 is 0. The van der Waals surface area contributed by atoms with Crippen molar-refractivity contribution < 1.29 is 0 Å². The summed E-state index contributed by atoms with van der Waals surface area (Å²) in [7, 11) is 0. The number of nitrogens with zero attached hydrogens (tertiary/aromatic N) is 1. The second-order valence-electron chi connectivity index (χ2n) is 4.89. The summed E-state index contributed by atoms with van der Waals surface area (Å²) in [5.74, 6) is 1.06. The highest BCUT2D eigenvalue weighted by molar-refractivity contribution is 4.98. The molecular formula is C12H21N. The summed E-state index contributed by atoms with van der Waals surface area (Å²) in [5.41, 5.74) is 1.47. The summed E-state index contributed by atoms with van der Waals surface area (Å²) in [6.45, 7) is 7.14. The zero-order valence-corrected chi connectivity index (χ0v) is 8.92. The van der Waals surface area contributed by atoms with E-state index >= 15 is 0 Å². The summed E-state index contributed by atoms with van der Waals surface area (Å²) in [6, 6.07) is 0.877. The van der Waals surface area contributed by atoms with E-state index in [4.69, 9.17) is 0 Å². The zero-order chi connectivity index (χ0) is 9.26. The molecule has 0 aliphatic carbocycles. The third-order valence-electron chi connectivity index (χ3n) is 3.57. The van der Waals surface area contributed by atoms with Gasteiger partial charge in [-0.15, -0.1) is 0 Å². The van der Waals surface area contributed by atoms with Gasteiger partial charge in [-0.2, -0.15) is 0 Å². The lowest BCUT2D eigenvalue weighted by Gasteiger charge is -2.45. The Morgan fingerprint density at radius 3 is 2.46 bits per heavy atom. The largest absolute Gasteiger partial charge is 0.300 e. The monoisotopic (exact) mass is 179 g/mol. The molecule has 0 N–H and O–H groups in total. The number of hydrogen-bond donors (Lipinski definition) is 0. The highest BCUT2D eigenvalue weighted by atomic mass is 15.2. The fourth-order valence-electron chi connectivity index (χ4n) is 2.70. The van der Waals surface area contributed by atoms with Gasteiger partial charge in [-0.05, 0) is 58.5 Å². The number of piperidine rings is 3. The van der Waals surface area contributed by atoms with Gasteiger partial charge in [0.1, 0.15) is 0 Å². The first-order valence-electron chi connectivity index (χ1n) is 5.63. The molecule has 1 unspecified atom stereocenters. The molecule has 1 heteroatoms. The van der Waals surface area contributed by atoms with Gasteiger partial charge in [0.25, 0.3) is 0 Å². The molecular weight excluding hydrogens is 158 g/mol. The fraction of sp³-hybridized carbons (Fsp3) is 0.833. The van der Waals surface area contributed by atoms with Crippen molar-refractivity contribution in [1.82, 2.24) is 4.90 Å². The van der Waals surface area contributed by atoms with Crippen LogP contribution in [0.1, 0.15) is 39.5 Å². The topological polar surface area (TPSA) is 3.24 Å². The Hall–Kier alpha value is -0.300. The second kappa shape index (κ2) is 3.83. The molecule has 1 atom stereocenters. The Morgan fingerprint density at radius 1 is 1.31 bits per heavy atom. The average Bonchev–Trinajstić information content (AvgIpc) is 2.17. The van der Waals surface area contributed by atoms with Crippen LogP contribution in [0.4, 0.5) is 0 Å². The quantitative estimate of drug-likeness (QED) is 0.589. The van der Waals surface area contributed by atoms with Gasteiger partial charge in [-0.25, -0.2) is 0 Å². The Bertz CT molecular complexity index is 195. The molecule has 2 bridgehead atoms. The first-order valence-corrected chi connectivity index (χ1v) is 5.63. The summed E-state index contributed by atoms with van der Waals surface area (Å²) in [4.78, 5) is 2.69. The van der Waals surface area contributed by atoms with Gasteiger partial charge in [0.15, 0.2) is 0 Å². The van der Waals surface area contributed by atoms with Crippen LogP contribution in [0.2, 0.25) is 0 Å². The lowest BCUT2D eigenvalue weighted by Crippen LogP contribution is -2.48. The minimum Gasteiger partial charge on any atom is -0.300 e. The molecule has 3 heterocycles. The van der Waals surface area contributed by atoms with Gasteiger partial charge in [0.2, 0.25) is 0 Å². The minimum absolute atomic E-state index is 0.877. The molecule has 0 amide bonds. The van der Waals surface area contributed by atoms with Gasteiger partial charge < -0.3 is 4.90 Å². The van der Waals surface area contributed by atoms with Crippen LogP contribution >= 0.6 is 0 Å². The standard InChI is InChI=1S/C12H21N/c1-10(2)3-4-12-9-11-5-7-13(12)8-6-11/h3,11-12H,4-9H2,1-2H3. The first-order chi connectivity index (χ1) is 6.25. The van der Waals surface area contributed by atoms with Crippen LogP contribution in [0.3, 0.4) is 0 Å². The molecule has 0 aromatic rings. The molecule has 3 fully saturated rings. The van der Waals surface area contributed by atoms with Crippen molar-refractivity contribution >= 4 is 0 Å². The molecule has 0 aromatic carbocycles. The second-order valence-corrected chi connectivity index (χ2v) is 4.89. The van der Waals surface area contributed by atoms with Crippen molar-refractivity contribution in [3.8, 4) is 0 Å². The van der Waals surface area contributed by atoms with Crippen LogP contribution in [-0.2, 0) is 0 Å². The summed E-state index contributed by atoms with van der Waals surface area (Å²) in [5, 5.41) is 0. The molecule has 3 saturated heterocycles. The molecule has 0 saturated carbocycles. The van der Waals surface area contributed by atoms with Crippen LogP contribution in [0.15, 0.2) is 11.6 Å². The Labute approximate surface area is 81.8 Å². The van der Waals surface area contributed by atoms with Gasteiger partial charge in [0.05, 0.1) is 0 Å². The molecule has 0 radical (unpaired) electrons. The van der Waals surface area contributed by atoms with E-state index in [1.165, 1.54) is 44.3 Å². The van der Waals surface area contributed by atoms with Gasteiger partial charge in [-0.1, -0.05) is 11.6 Å². The number of fused-ring (bicyclic) bond motifs is 3. The van der Waals surface area contributed by atoms with Crippen LogP contribution in [0.5, 0.6) is 0 Å². The van der Waals surface area contributed by atoms with Crippen LogP contribution < -0.4 is 0 Å². The van der Waals surface area contributed by atoms with Crippen LogP contribution in [0.25, 0.3) is 0 Å². The van der Waals surface area contributed by atoms with Crippen molar-refractivity contribution in [2.24, 2.45) is 5.92 Å². The van der Waals surface area contributed by atoms with Crippen LogP contribution in [0, 0.1) is 5.92 Å². The summed E-state index contributed by atoms with van der Waals surface area (Å²) in [6.07, 6.45) is 8.09. The highest BCUT2D eigenvalue weighted by Gasteiger charge is 2.32. The van der Waals surface area contributed by atoms with Crippen LogP contribution in [-0.4, -0.2) is 24.0 Å². The van der Waals surface area contributed by atoms with Crippen molar-refractivity contribution in [2.45, 2.75) is 45.6 Å². The highest BCUT2D eigenvalue weighted by Crippen LogP contribution is 2.33. The Balaban J connectivity index is 1.90. The molecule has 1 nitrogen and oxygen atoms in total. The summed E-state index contributed by atoms with van der Waals surface area (Å²) < 4.78 is 0.